The topological polar surface area (TPSA) is 46.2 Å². The van der Waals surface area contributed by atoms with Crippen molar-refractivity contribution in [2.75, 3.05) is 5.32 Å². The Morgan fingerprint density at radius 1 is 1.38 bits per heavy atom. The molecule has 1 rings (SSSR count). The van der Waals surface area contributed by atoms with Crippen LogP contribution in [0.1, 0.15) is 10.4 Å². The smallest absolute Gasteiger partial charge is 0.300 e. The van der Waals surface area contributed by atoms with E-state index >= 15 is 0 Å². The molecular formula is C11H9F2NO2. The summed E-state index contributed by atoms with van der Waals surface area (Å²) in [5, 5.41) is 2.37. The van der Waals surface area contributed by atoms with E-state index in [1.165, 1.54) is 24.3 Å². The molecule has 1 aromatic carbocycles. The van der Waals surface area contributed by atoms with Gasteiger partial charge in [0.05, 0.1) is 0 Å². The van der Waals surface area contributed by atoms with Gasteiger partial charge in [0.2, 0.25) is 11.7 Å². The standard InChI is InChI=1S/C11H9F2NO2/c1-2-9(15)14-8-5-3-4-7(6-8)10(16)11(12)13/h2-6,11H,1H2,(H,14,15). The van der Waals surface area contributed by atoms with Crippen molar-refractivity contribution in [1.29, 1.82) is 0 Å². The number of Topliss-reactive ketones (excluding diaryl/α,β-unsaturated/α-hetero) is 1. The molecule has 0 aromatic heterocycles. The molecule has 0 fully saturated rings. The van der Waals surface area contributed by atoms with Crippen LogP contribution in [0, 0.1) is 0 Å². The minimum absolute atomic E-state index is 0.142. The largest absolute Gasteiger partial charge is 0.323 e. The molecule has 5 heteroatoms. The third-order valence-corrected chi connectivity index (χ3v) is 1.80. The zero-order valence-electron chi connectivity index (χ0n) is 8.24. The summed E-state index contributed by atoms with van der Waals surface area (Å²) >= 11 is 0. The maximum absolute atomic E-state index is 12.1. The molecule has 0 atom stereocenters. The second kappa shape index (κ2) is 5.16. The fourth-order valence-electron chi connectivity index (χ4n) is 1.07. The van der Waals surface area contributed by atoms with Crippen molar-refractivity contribution >= 4 is 17.4 Å². The van der Waals surface area contributed by atoms with Crippen LogP contribution in [0.5, 0.6) is 0 Å². The molecule has 1 amide bonds. The Kier molecular flexibility index (Phi) is 3.88. The number of alkyl halides is 2. The van der Waals surface area contributed by atoms with Crippen LogP contribution in [0.2, 0.25) is 0 Å². The highest BCUT2D eigenvalue weighted by atomic mass is 19.3. The van der Waals surface area contributed by atoms with Gasteiger partial charge >= 0.3 is 6.43 Å². The lowest BCUT2D eigenvalue weighted by Gasteiger charge is -2.04. The first-order chi connectivity index (χ1) is 7.54. The number of rotatable bonds is 4. The normalized spacial score (nSPS) is 9.94. The first-order valence-electron chi connectivity index (χ1n) is 4.40. The lowest BCUT2D eigenvalue weighted by atomic mass is 10.1. The second-order valence-electron chi connectivity index (χ2n) is 2.94. The third-order valence-electron chi connectivity index (χ3n) is 1.80. The van der Waals surface area contributed by atoms with Gasteiger partial charge in [0.25, 0.3) is 0 Å². The molecule has 1 aromatic rings. The highest BCUT2D eigenvalue weighted by Gasteiger charge is 2.17. The van der Waals surface area contributed by atoms with E-state index in [0.717, 1.165) is 6.08 Å². The Morgan fingerprint density at radius 3 is 2.62 bits per heavy atom. The minimum atomic E-state index is -3.05. The molecule has 0 aliphatic heterocycles. The molecule has 0 unspecified atom stereocenters. The van der Waals surface area contributed by atoms with Crippen molar-refractivity contribution in [2.24, 2.45) is 0 Å². The van der Waals surface area contributed by atoms with E-state index in [-0.39, 0.29) is 11.3 Å². The molecule has 0 bridgehead atoms. The van der Waals surface area contributed by atoms with Gasteiger partial charge < -0.3 is 5.32 Å². The summed E-state index contributed by atoms with van der Waals surface area (Å²) in [7, 11) is 0. The summed E-state index contributed by atoms with van der Waals surface area (Å²) in [6.45, 7) is 3.24. The quantitative estimate of drug-likeness (QED) is 0.631. The average Bonchev–Trinajstić information content (AvgIpc) is 2.28. The average molecular weight is 225 g/mol. The first kappa shape index (κ1) is 12.0. The number of hydrogen-bond acceptors (Lipinski definition) is 2. The van der Waals surface area contributed by atoms with Crippen molar-refractivity contribution in [3.05, 3.63) is 42.5 Å². The van der Waals surface area contributed by atoms with E-state index in [0.29, 0.717) is 0 Å². The number of carbonyl (C=O) groups is 2. The summed E-state index contributed by atoms with van der Waals surface area (Å²) < 4.78 is 24.2. The molecular weight excluding hydrogens is 216 g/mol. The maximum atomic E-state index is 12.1. The number of anilines is 1. The maximum Gasteiger partial charge on any atom is 0.300 e. The van der Waals surface area contributed by atoms with E-state index in [1.807, 2.05) is 0 Å². The van der Waals surface area contributed by atoms with E-state index in [9.17, 15) is 18.4 Å². The van der Waals surface area contributed by atoms with Crippen molar-refractivity contribution in [3.8, 4) is 0 Å². The third kappa shape index (κ3) is 2.98. The molecule has 0 aliphatic rings. The van der Waals surface area contributed by atoms with Gasteiger partial charge in [0.15, 0.2) is 0 Å². The SMILES string of the molecule is C=CC(=O)Nc1cccc(C(=O)C(F)F)c1. The van der Waals surface area contributed by atoms with E-state index in [2.05, 4.69) is 11.9 Å². The highest BCUT2D eigenvalue weighted by molar-refractivity contribution is 6.02. The predicted octanol–water partition coefficient (Wildman–Crippen LogP) is 2.26. The number of carbonyl (C=O) groups excluding carboxylic acids is 2. The van der Waals surface area contributed by atoms with Crippen LogP contribution in [0.15, 0.2) is 36.9 Å². The monoisotopic (exact) mass is 225 g/mol. The van der Waals surface area contributed by atoms with Crippen LogP contribution >= 0.6 is 0 Å². The number of amides is 1. The van der Waals surface area contributed by atoms with Gasteiger partial charge in [0.1, 0.15) is 0 Å². The van der Waals surface area contributed by atoms with Gasteiger partial charge in [-0.1, -0.05) is 18.7 Å². The van der Waals surface area contributed by atoms with Crippen LogP contribution < -0.4 is 5.32 Å². The number of benzene rings is 1. The second-order valence-corrected chi connectivity index (χ2v) is 2.94. The molecule has 1 N–H and O–H groups in total. The molecule has 0 spiro atoms. The Bertz CT molecular complexity index is 430. The zero-order chi connectivity index (χ0) is 12.1. The van der Waals surface area contributed by atoms with Crippen molar-refractivity contribution in [3.63, 3.8) is 0 Å². The van der Waals surface area contributed by atoms with Gasteiger partial charge in [-0.3, -0.25) is 9.59 Å². The van der Waals surface area contributed by atoms with Crippen LogP contribution in [-0.4, -0.2) is 18.1 Å². The molecule has 3 nitrogen and oxygen atoms in total. The molecule has 0 aliphatic carbocycles. The Hall–Kier alpha value is -2.04. The molecule has 16 heavy (non-hydrogen) atoms. The van der Waals surface area contributed by atoms with Crippen molar-refractivity contribution < 1.29 is 18.4 Å². The van der Waals surface area contributed by atoms with Gasteiger partial charge in [-0.25, -0.2) is 8.78 Å². The van der Waals surface area contributed by atoms with Crippen molar-refractivity contribution in [2.45, 2.75) is 6.43 Å². The first-order valence-corrected chi connectivity index (χ1v) is 4.40. The van der Waals surface area contributed by atoms with Gasteiger partial charge in [-0.2, -0.15) is 0 Å². The number of nitrogens with one attached hydrogen (secondary N) is 1. The fourth-order valence-corrected chi connectivity index (χ4v) is 1.07. The lowest BCUT2D eigenvalue weighted by Crippen LogP contribution is -2.12. The van der Waals surface area contributed by atoms with Crippen LogP contribution in [-0.2, 0) is 4.79 Å². The Balaban J connectivity index is 2.91. The van der Waals surface area contributed by atoms with Crippen LogP contribution in [0.4, 0.5) is 14.5 Å². The van der Waals surface area contributed by atoms with Gasteiger partial charge in [-0.15, -0.1) is 0 Å². The van der Waals surface area contributed by atoms with E-state index in [4.69, 9.17) is 0 Å². The number of hydrogen-bond donors (Lipinski definition) is 1. The summed E-state index contributed by atoms with van der Waals surface area (Å²) in [5.74, 6) is -1.74. The molecule has 0 radical (unpaired) electrons. The number of ketones is 1. The van der Waals surface area contributed by atoms with Crippen molar-refractivity contribution in [1.82, 2.24) is 0 Å². The fraction of sp³-hybridized carbons (Fsp3) is 0.0909. The summed E-state index contributed by atoms with van der Waals surface area (Å²) in [5.41, 5.74) is 0.133. The summed E-state index contributed by atoms with van der Waals surface area (Å²) in [4.78, 5) is 21.9. The van der Waals surface area contributed by atoms with E-state index in [1.54, 1.807) is 0 Å². The van der Waals surface area contributed by atoms with Gasteiger partial charge in [0, 0.05) is 11.3 Å². The van der Waals surface area contributed by atoms with E-state index < -0.39 is 18.1 Å². The molecule has 84 valence electrons. The van der Waals surface area contributed by atoms with Gasteiger partial charge in [-0.05, 0) is 18.2 Å². The highest BCUT2D eigenvalue weighted by Crippen LogP contribution is 2.14. The van der Waals surface area contributed by atoms with Crippen LogP contribution in [0.25, 0.3) is 0 Å². The molecule has 0 saturated heterocycles. The summed E-state index contributed by atoms with van der Waals surface area (Å²) in [6, 6.07) is 5.35. The minimum Gasteiger partial charge on any atom is -0.323 e. The number of halogens is 2. The summed E-state index contributed by atoms with van der Waals surface area (Å²) in [6.07, 6.45) is -2.01. The Morgan fingerprint density at radius 2 is 2.06 bits per heavy atom. The van der Waals surface area contributed by atoms with Crippen LogP contribution in [0.3, 0.4) is 0 Å². The Labute approximate surface area is 90.8 Å². The lowest BCUT2D eigenvalue weighted by molar-refractivity contribution is -0.111. The predicted molar refractivity (Wildman–Crippen MR) is 55.6 cm³/mol. The molecule has 0 heterocycles. The zero-order valence-corrected chi connectivity index (χ0v) is 8.24. The molecule has 0 saturated carbocycles.